The number of nitrogens with zero attached hydrogens (tertiary/aromatic N) is 3. The number of likely N-dealkylation sites (tertiary alicyclic amines) is 1. The van der Waals surface area contributed by atoms with Gasteiger partial charge in [-0.25, -0.2) is 9.97 Å². The predicted molar refractivity (Wildman–Crippen MR) is 115 cm³/mol. The van der Waals surface area contributed by atoms with Crippen molar-refractivity contribution in [2.45, 2.75) is 24.9 Å². The van der Waals surface area contributed by atoms with Crippen LogP contribution in [0.4, 0.5) is 5.95 Å². The lowest BCUT2D eigenvalue weighted by Crippen LogP contribution is -2.49. The van der Waals surface area contributed by atoms with Crippen LogP contribution in [0.25, 0.3) is 11.1 Å². The molecular formula is C24H24N4O2. The molecule has 152 valence electrons. The summed E-state index contributed by atoms with van der Waals surface area (Å²) in [6.45, 7) is 1.88. The van der Waals surface area contributed by atoms with Crippen LogP contribution in [0.1, 0.15) is 34.5 Å². The fourth-order valence-electron chi connectivity index (χ4n) is 4.58. The van der Waals surface area contributed by atoms with Gasteiger partial charge in [0.25, 0.3) is 5.91 Å². The molecule has 0 unspecified atom stereocenters. The molecule has 2 N–H and O–H groups in total. The third-order valence-corrected chi connectivity index (χ3v) is 6.17. The van der Waals surface area contributed by atoms with Crippen LogP contribution in [0.15, 0.2) is 60.8 Å². The first-order valence-corrected chi connectivity index (χ1v) is 10.4. The van der Waals surface area contributed by atoms with Crippen LogP contribution < -0.4 is 5.73 Å². The Hall–Kier alpha value is -3.25. The average Bonchev–Trinajstić information content (AvgIpc) is 2.80. The Labute approximate surface area is 175 Å². The first kappa shape index (κ1) is 18.8. The molecule has 3 heterocycles. The monoisotopic (exact) mass is 400 g/mol. The topological polar surface area (TPSA) is 81.3 Å². The van der Waals surface area contributed by atoms with Gasteiger partial charge in [0.1, 0.15) is 5.60 Å². The minimum absolute atomic E-state index is 0.0579. The standard InChI is InChI=1S/C24H24N4O2/c25-23-26-16-18-10-15-30-24(21(18)27-23)11-13-28(14-12-24)22(29)20-9-5-4-8-19(20)17-6-2-1-3-7-17/h1-9,16H,10-15H2,(H2,25,26,27). The zero-order valence-electron chi connectivity index (χ0n) is 16.8. The summed E-state index contributed by atoms with van der Waals surface area (Å²) >= 11 is 0. The maximum atomic E-state index is 13.4. The lowest BCUT2D eigenvalue weighted by atomic mass is 9.83. The molecule has 0 aliphatic carbocycles. The van der Waals surface area contributed by atoms with Crippen LogP contribution >= 0.6 is 0 Å². The summed E-state index contributed by atoms with van der Waals surface area (Å²) in [5.74, 6) is 0.330. The van der Waals surface area contributed by atoms with Gasteiger partial charge in [-0.1, -0.05) is 48.5 Å². The van der Waals surface area contributed by atoms with Gasteiger partial charge in [-0.3, -0.25) is 4.79 Å². The first-order valence-electron chi connectivity index (χ1n) is 10.4. The number of carbonyl (C=O) groups excluding carboxylic acids is 1. The van der Waals surface area contributed by atoms with Gasteiger partial charge in [0.05, 0.1) is 12.3 Å². The number of hydrogen-bond acceptors (Lipinski definition) is 5. The Balaban J connectivity index is 1.39. The average molecular weight is 400 g/mol. The van der Waals surface area contributed by atoms with Crippen molar-refractivity contribution >= 4 is 11.9 Å². The molecule has 1 amide bonds. The molecule has 5 rings (SSSR count). The molecule has 3 aromatic rings. The Morgan fingerprint density at radius 3 is 2.57 bits per heavy atom. The molecular weight excluding hydrogens is 376 g/mol. The lowest BCUT2D eigenvalue weighted by molar-refractivity contribution is -0.0966. The number of benzene rings is 2. The molecule has 2 aliphatic heterocycles. The summed E-state index contributed by atoms with van der Waals surface area (Å²) in [5, 5.41) is 0. The number of amides is 1. The number of rotatable bonds is 2. The zero-order valence-corrected chi connectivity index (χ0v) is 16.8. The second kappa shape index (κ2) is 7.54. The van der Waals surface area contributed by atoms with Crippen molar-refractivity contribution in [1.29, 1.82) is 0 Å². The third-order valence-electron chi connectivity index (χ3n) is 6.17. The van der Waals surface area contributed by atoms with E-state index in [0.29, 0.717) is 32.5 Å². The van der Waals surface area contributed by atoms with Gasteiger partial charge in [-0.15, -0.1) is 0 Å². The fraction of sp³-hybridized carbons (Fsp3) is 0.292. The van der Waals surface area contributed by atoms with Gasteiger partial charge < -0.3 is 15.4 Å². The molecule has 0 bridgehead atoms. The van der Waals surface area contributed by atoms with E-state index >= 15 is 0 Å². The first-order chi connectivity index (χ1) is 14.7. The number of carbonyl (C=O) groups is 1. The molecule has 1 saturated heterocycles. The van der Waals surface area contributed by atoms with E-state index in [1.165, 1.54) is 0 Å². The fourth-order valence-corrected chi connectivity index (χ4v) is 4.58. The van der Waals surface area contributed by atoms with E-state index in [-0.39, 0.29) is 11.9 Å². The summed E-state index contributed by atoms with van der Waals surface area (Å²) in [6.07, 6.45) is 4.02. The smallest absolute Gasteiger partial charge is 0.254 e. The maximum absolute atomic E-state index is 13.4. The van der Waals surface area contributed by atoms with E-state index in [4.69, 9.17) is 10.5 Å². The highest BCUT2D eigenvalue weighted by Gasteiger charge is 2.43. The van der Waals surface area contributed by atoms with Crippen LogP contribution in [0.3, 0.4) is 0 Å². The molecule has 0 radical (unpaired) electrons. The molecule has 1 fully saturated rings. The Bertz CT molecular complexity index is 1080. The number of anilines is 1. The third kappa shape index (κ3) is 3.23. The maximum Gasteiger partial charge on any atom is 0.254 e. The molecule has 6 nitrogen and oxygen atoms in total. The minimum atomic E-state index is -0.472. The minimum Gasteiger partial charge on any atom is -0.368 e. The van der Waals surface area contributed by atoms with Gasteiger partial charge in [0.2, 0.25) is 5.95 Å². The summed E-state index contributed by atoms with van der Waals surface area (Å²) in [7, 11) is 0. The number of ether oxygens (including phenoxy) is 1. The van der Waals surface area contributed by atoms with Crippen LogP contribution in [0.5, 0.6) is 0 Å². The quantitative estimate of drug-likeness (QED) is 0.713. The van der Waals surface area contributed by atoms with Crippen molar-refractivity contribution in [2.75, 3.05) is 25.4 Å². The molecule has 2 aliphatic rings. The van der Waals surface area contributed by atoms with Crippen molar-refractivity contribution in [3.05, 3.63) is 77.6 Å². The Morgan fingerprint density at radius 2 is 1.77 bits per heavy atom. The molecule has 0 saturated carbocycles. The van der Waals surface area contributed by atoms with Crippen LogP contribution in [-0.2, 0) is 16.8 Å². The molecule has 6 heteroatoms. The van der Waals surface area contributed by atoms with E-state index in [9.17, 15) is 4.79 Å². The van der Waals surface area contributed by atoms with E-state index < -0.39 is 5.60 Å². The molecule has 1 aromatic heterocycles. The number of aromatic nitrogens is 2. The number of nitrogen functional groups attached to an aromatic ring is 1. The van der Waals surface area contributed by atoms with E-state index in [0.717, 1.165) is 34.4 Å². The largest absolute Gasteiger partial charge is 0.368 e. The van der Waals surface area contributed by atoms with Crippen molar-refractivity contribution in [1.82, 2.24) is 14.9 Å². The summed E-state index contributed by atoms with van der Waals surface area (Å²) in [4.78, 5) is 24.0. The number of nitrogens with two attached hydrogens (primary N) is 1. The highest BCUT2D eigenvalue weighted by atomic mass is 16.5. The number of hydrogen-bond donors (Lipinski definition) is 1. The second-order valence-corrected chi connectivity index (χ2v) is 7.90. The SMILES string of the molecule is Nc1ncc2c(n1)C1(CCN(C(=O)c3ccccc3-c3ccccc3)CC1)OCC2. The van der Waals surface area contributed by atoms with Gasteiger partial charge in [0, 0.05) is 24.8 Å². The lowest BCUT2D eigenvalue weighted by Gasteiger charge is -2.44. The van der Waals surface area contributed by atoms with Gasteiger partial charge in [0.15, 0.2) is 0 Å². The summed E-state index contributed by atoms with van der Waals surface area (Å²) in [5.41, 5.74) is 10.1. The molecule has 1 spiro atoms. The molecule has 2 aromatic carbocycles. The summed E-state index contributed by atoms with van der Waals surface area (Å²) in [6, 6.07) is 17.9. The summed E-state index contributed by atoms with van der Waals surface area (Å²) < 4.78 is 6.23. The number of fused-ring (bicyclic) bond motifs is 2. The van der Waals surface area contributed by atoms with Crippen molar-refractivity contribution in [3.8, 4) is 11.1 Å². The van der Waals surface area contributed by atoms with E-state index in [1.54, 1.807) is 0 Å². The van der Waals surface area contributed by atoms with Gasteiger partial charge in [-0.05, 0) is 42.0 Å². The van der Waals surface area contributed by atoms with E-state index in [1.807, 2.05) is 65.7 Å². The Morgan fingerprint density at radius 1 is 1.03 bits per heavy atom. The van der Waals surface area contributed by atoms with Crippen LogP contribution in [-0.4, -0.2) is 40.5 Å². The normalized spacial score (nSPS) is 17.5. The Kier molecular flexibility index (Phi) is 4.71. The van der Waals surface area contributed by atoms with Crippen molar-refractivity contribution in [3.63, 3.8) is 0 Å². The second-order valence-electron chi connectivity index (χ2n) is 7.90. The van der Waals surface area contributed by atoms with E-state index in [2.05, 4.69) is 9.97 Å². The van der Waals surface area contributed by atoms with Gasteiger partial charge in [-0.2, -0.15) is 0 Å². The molecule has 30 heavy (non-hydrogen) atoms. The predicted octanol–water partition coefficient (Wildman–Crippen LogP) is 3.43. The highest BCUT2D eigenvalue weighted by molar-refractivity contribution is 6.01. The van der Waals surface area contributed by atoms with Gasteiger partial charge >= 0.3 is 0 Å². The molecule has 0 atom stereocenters. The van der Waals surface area contributed by atoms with Crippen molar-refractivity contribution in [2.24, 2.45) is 0 Å². The van der Waals surface area contributed by atoms with Crippen LogP contribution in [0, 0.1) is 0 Å². The van der Waals surface area contributed by atoms with Crippen LogP contribution in [0.2, 0.25) is 0 Å². The zero-order chi connectivity index (χ0) is 20.6. The van der Waals surface area contributed by atoms with Crippen molar-refractivity contribution < 1.29 is 9.53 Å². The number of piperidine rings is 1. The highest BCUT2D eigenvalue weighted by Crippen LogP contribution is 2.41.